The average molecular weight is 742 g/mol. The van der Waals surface area contributed by atoms with E-state index in [2.05, 4.69) is 146 Å². The van der Waals surface area contributed by atoms with Gasteiger partial charge in [-0.3, -0.25) is 0 Å². The fraction of sp³-hybridized carbons (Fsp3) is 0.0185. The molecular weight excluding hydrogens is 707 g/mol. The van der Waals surface area contributed by atoms with Crippen molar-refractivity contribution in [3.8, 4) is 73.7 Å². The fourth-order valence-corrected chi connectivity index (χ4v) is 8.30. The van der Waals surface area contributed by atoms with E-state index in [1.54, 1.807) is 0 Å². The van der Waals surface area contributed by atoms with E-state index < -0.39 is 5.41 Å². The lowest BCUT2D eigenvalue weighted by Crippen LogP contribution is -2.34. The summed E-state index contributed by atoms with van der Waals surface area (Å²) < 4.78 is 6.50. The van der Waals surface area contributed by atoms with E-state index in [4.69, 9.17) is 14.7 Å². The Morgan fingerprint density at radius 1 is 0.379 bits per heavy atom. The van der Waals surface area contributed by atoms with Crippen LogP contribution in [0.1, 0.15) is 27.8 Å². The van der Waals surface area contributed by atoms with Gasteiger partial charge >= 0.3 is 0 Å². The summed E-state index contributed by atoms with van der Waals surface area (Å²) in [4.78, 5) is 10.2. The standard InChI is InChI=1S/C54H35N3O/c55-36-37-25-29-45(30-26-37)54(47-21-7-9-23-51(47)58-52-24-10-8-22-48(52)54)46-31-27-38(28-32-46)41-17-11-18-42(33-41)43-19-12-20-44(34-43)53-56-49(39-13-3-1-4-14-39)35-50(57-53)40-15-5-2-6-16-40/h1-35H. The minimum Gasteiger partial charge on any atom is -0.457 e. The zero-order chi connectivity index (χ0) is 38.9. The number of rotatable bonds is 7. The van der Waals surface area contributed by atoms with Crippen molar-refractivity contribution >= 4 is 0 Å². The van der Waals surface area contributed by atoms with Gasteiger partial charge in [0.2, 0.25) is 0 Å². The van der Waals surface area contributed by atoms with Gasteiger partial charge in [0.05, 0.1) is 28.4 Å². The minimum atomic E-state index is -0.666. The lowest BCUT2D eigenvalue weighted by Gasteiger charge is -2.41. The van der Waals surface area contributed by atoms with Crippen LogP contribution in [-0.4, -0.2) is 9.97 Å². The molecule has 0 atom stereocenters. The molecule has 272 valence electrons. The van der Waals surface area contributed by atoms with Crippen LogP contribution in [0.2, 0.25) is 0 Å². The van der Waals surface area contributed by atoms with E-state index in [-0.39, 0.29) is 0 Å². The van der Waals surface area contributed by atoms with Crippen molar-refractivity contribution in [1.82, 2.24) is 9.97 Å². The first kappa shape index (κ1) is 34.6. The molecule has 1 aliphatic rings. The molecule has 1 aromatic heterocycles. The van der Waals surface area contributed by atoms with Crippen LogP contribution in [0.25, 0.3) is 56.2 Å². The van der Waals surface area contributed by atoms with Crippen LogP contribution >= 0.6 is 0 Å². The first-order valence-electron chi connectivity index (χ1n) is 19.4. The van der Waals surface area contributed by atoms with Crippen LogP contribution in [0.15, 0.2) is 212 Å². The second-order valence-corrected chi connectivity index (χ2v) is 14.5. The van der Waals surface area contributed by atoms with Gasteiger partial charge in [0.15, 0.2) is 5.82 Å². The molecule has 0 amide bonds. The van der Waals surface area contributed by atoms with Crippen LogP contribution in [0.3, 0.4) is 0 Å². The minimum absolute atomic E-state index is 0.624. The summed E-state index contributed by atoms with van der Waals surface area (Å²) in [7, 11) is 0. The second kappa shape index (κ2) is 14.7. The third kappa shape index (κ3) is 6.12. The lowest BCUT2D eigenvalue weighted by molar-refractivity contribution is 0.434. The quantitative estimate of drug-likeness (QED) is 0.163. The molecule has 0 bridgehead atoms. The summed E-state index contributed by atoms with van der Waals surface area (Å²) in [5.74, 6) is 2.32. The van der Waals surface area contributed by atoms with E-state index in [1.807, 2.05) is 72.8 Å². The Kier molecular flexibility index (Phi) is 8.74. The Morgan fingerprint density at radius 2 is 0.810 bits per heavy atom. The Hall–Kier alpha value is -7.87. The maximum absolute atomic E-state index is 9.66. The zero-order valence-electron chi connectivity index (χ0n) is 31.5. The average Bonchev–Trinajstić information content (AvgIpc) is 3.31. The predicted molar refractivity (Wildman–Crippen MR) is 232 cm³/mol. The highest BCUT2D eigenvalue weighted by molar-refractivity contribution is 5.78. The third-order valence-electron chi connectivity index (χ3n) is 11.1. The number of aromatic nitrogens is 2. The molecule has 4 nitrogen and oxygen atoms in total. The molecule has 0 fully saturated rings. The number of nitriles is 1. The van der Waals surface area contributed by atoms with Crippen LogP contribution in [0, 0.1) is 11.3 Å². The summed E-state index contributed by atoms with van der Waals surface area (Å²) >= 11 is 0. The van der Waals surface area contributed by atoms with E-state index in [0.717, 1.165) is 84.1 Å². The van der Waals surface area contributed by atoms with E-state index in [9.17, 15) is 5.26 Å². The van der Waals surface area contributed by atoms with Gasteiger partial charge in [0.25, 0.3) is 0 Å². The van der Waals surface area contributed by atoms with Gasteiger partial charge in [0.1, 0.15) is 11.5 Å². The highest BCUT2D eigenvalue weighted by atomic mass is 16.5. The SMILES string of the molecule is N#Cc1ccc(C2(c3ccc(-c4cccc(-c5cccc(-c6nc(-c7ccccc7)cc(-c7ccccc7)n6)c5)c4)cc3)c3ccccc3Oc3ccccc32)cc1. The molecule has 0 unspecified atom stereocenters. The van der Waals surface area contributed by atoms with Crippen molar-refractivity contribution in [3.63, 3.8) is 0 Å². The first-order valence-corrected chi connectivity index (χ1v) is 19.4. The molecule has 10 rings (SSSR count). The molecule has 0 radical (unpaired) electrons. The number of benzene rings is 8. The molecule has 0 spiro atoms. The van der Waals surface area contributed by atoms with Crippen molar-refractivity contribution in [3.05, 3.63) is 240 Å². The molecule has 4 heteroatoms. The highest BCUT2D eigenvalue weighted by Crippen LogP contribution is 2.55. The Morgan fingerprint density at radius 3 is 1.34 bits per heavy atom. The summed E-state index contributed by atoms with van der Waals surface area (Å²) in [5.41, 5.74) is 13.5. The van der Waals surface area contributed by atoms with Gasteiger partial charge in [-0.2, -0.15) is 5.26 Å². The monoisotopic (exact) mass is 741 g/mol. The van der Waals surface area contributed by atoms with Crippen molar-refractivity contribution in [1.29, 1.82) is 5.26 Å². The molecule has 9 aromatic rings. The Balaban J connectivity index is 1.04. The van der Waals surface area contributed by atoms with Gasteiger partial charge in [-0.05, 0) is 75.8 Å². The second-order valence-electron chi connectivity index (χ2n) is 14.5. The van der Waals surface area contributed by atoms with Gasteiger partial charge in [-0.1, -0.05) is 170 Å². The molecule has 0 saturated heterocycles. The van der Waals surface area contributed by atoms with E-state index in [1.165, 1.54) is 0 Å². The van der Waals surface area contributed by atoms with Crippen LogP contribution in [-0.2, 0) is 5.41 Å². The van der Waals surface area contributed by atoms with Gasteiger partial charge in [-0.15, -0.1) is 0 Å². The number of hydrogen-bond acceptors (Lipinski definition) is 4. The molecule has 1 aliphatic heterocycles. The largest absolute Gasteiger partial charge is 0.457 e. The normalized spacial score (nSPS) is 12.4. The third-order valence-corrected chi connectivity index (χ3v) is 11.1. The van der Waals surface area contributed by atoms with Crippen LogP contribution < -0.4 is 4.74 Å². The predicted octanol–water partition coefficient (Wildman–Crippen LogP) is 13.2. The Bertz CT molecular complexity index is 2870. The zero-order valence-corrected chi connectivity index (χ0v) is 31.5. The number of fused-ring (bicyclic) bond motifs is 2. The summed E-state index contributed by atoms with van der Waals surface area (Å²) in [6.07, 6.45) is 0. The summed E-state index contributed by atoms with van der Waals surface area (Å²) in [6.45, 7) is 0. The van der Waals surface area contributed by atoms with Gasteiger partial charge in [-0.25, -0.2) is 9.97 Å². The van der Waals surface area contributed by atoms with E-state index >= 15 is 0 Å². The maximum Gasteiger partial charge on any atom is 0.160 e. The van der Waals surface area contributed by atoms with Gasteiger partial charge in [0, 0.05) is 27.8 Å². The van der Waals surface area contributed by atoms with Crippen molar-refractivity contribution in [2.45, 2.75) is 5.41 Å². The fourth-order valence-electron chi connectivity index (χ4n) is 8.30. The smallest absolute Gasteiger partial charge is 0.160 e. The topological polar surface area (TPSA) is 58.8 Å². The number of hydrogen-bond donors (Lipinski definition) is 0. The lowest BCUT2D eigenvalue weighted by atomic mass is 9.63. The number of nitrogens with zero attached hydrogens (tertiary/aromatic N) is 3. The molecule has 0 N–H and O–H groups in total. The highest BCUT2D eigenvalue weighted by Gasteiger charge is 2.45. The number of ether oxygens (including phenoxy) is 1. The van der Waals surface area contributed by atoms with E-state index in [0.29, 0.717) is 11.4 Å². The first-order chi connectivity index (χ1) is 28.7. The molecule has 58 heavy (non-hydrogen) atoms. The molecule has 0 aliphatic carbocycles. The maximum atomic E-state index is 9.66. The molecular formula is C54H35N3O. The molecule has 2 heterocycles. The molecule has 8 aromatic carbocycles. The number of para-hydroxylation sites is 2. The summed E-state index contributed by atoms with van der Waals surface area (Å²) in [6, 6.07) is 75.5. The van der Waals surface area contributed by atoms with Crippen LogP contribution in [0.4, 0.5) is 0 Å². The van der Waals surface area contributed by atoms with Crippen LogP contribution in [0.5, 0.6) is 11.5 Å². The van der Waals surface area contributed by atoms with Crippen molar-refractivity contribution < 1.29 is 4.74 Å². The Labute approximate surface area is 338 Å². The van der Waals surface area contributed by atoms with Crippen molar-refractivity contribution in [2.75, 3.05) is 0 Å². The van der Waals surface area contributed by atoms with Gasteiger partial charge < -0.3 is 4.74 Å². The molecule has 0 saturated carbocycles. The summed E-state index contributed by atoms with van der Waals surface area (Å²) in [5, 5.41) is 9.66. The van der Waals surface area contributed by atoms with Crippen molar-refractivity contribution in [2.24, 2.45) is 0 Å².